The van der Waals surface area contributed by atoms with Crippen molar-refractivity contribution in [2.24, 2.45) is 5.41 Å². The van der Waals surface area contributed by atoms with E-state index in [-0.39, 0.29) is 17.3 Å². The fraction of sp³-hybridized carbons (Fsp3) is 0.900. The van der Waals surface area contributed by atoms with E-state index in [0.717, 1.165) is 25.7 Å². The molecule has 0 heterocycles. The number of carbonyl (C=O) groups excluding carboxylic acids is 1. The first-order chi connectivity index (χ1) is 6.65. The van der Waals surface area contributed by atoms with Crippen molar-refractivity contribution in [2.75, 3.05) is 6.61 Å². The van der Waals surface area contributed by atoms with E-state index in [2.05, 4.69) is 0 Å². The lowest BCUT2D eigenvalue weighted by Crippen LogP contribution is -2.54. The first-order valence-electron chi connectivity index (χ1n) is 5.08. The molecule has 0 aliphatic heterocycles. The van der Waals surface area contributed by atoms with Crippen LogP contribution in [0.25, 0.3) is 0 Å². The molecule has 0 saturated heterocycles. The normalized spacial score (nSPS) is 29.9. The first-order valence-corrected chi connectivity index (χ1v) is 5.08. The summed E-state index contributed by atoms with van der Waals surface area (Å²) in [5, 5.41) is 0. The van der Waals surface area contributed by atoms with Gasteiger partial charge in [-0.05, 0) is 12.8 Å². The molecular weight excluding hydrogens is 190 g/mol. The van der Waals surface area contributed by atoms with Gasteiger partial charge in [0.1, 0.15) is 12.4 Å². The number of ketones is 1. The van der Waals surface area contributed by atoms with Gasteiger partial charge < -0.3 is 4.74 Å². The van der Waals surface area contributed by atoms with E-state index in [1.165, 1.54) is 0 Å². The molecule has 0 aromatic carbocycles. The average molecular weight is 204 g/mol. The Bertz CT molecular complexity index is 234. The highest BCUT2D eigenvalue weighted by Crippen LogP contribution is 2.51. The number of halogens is 2. The van der Waals surface area contributed by atoms with Crippen molar-refractivity contribution >= 4 is 5.78 Å². The van der Waals surface area contributed by atoms with E-state index >= 15 is 0 Å². The summed E-state index contributed by atoms with van der Waals surface area (Å²) in [4.78, 5) is 11.4. The van der Waals surface area contributed by atoms with Crippen molar-refractivity contribution < 1.29 is 18.3 Å². The molecule has 2 aliphatic rings. The van der Waals surface area contributed by atoms with Crippen LogP contribution < -0.4 is 0 Å². The van der Waals surface area contributed by atoms with Crippen LogP contribution in [0.3, 0.4) is 0 Å². The maximum absolute atomic E-state index is 11.9. The molecule has 2 rings (SSSR count). The maximum atomic E-state index is 11.9. The van der Waals surface area contributed by atoms with E-state index in [1.807, 2.05) is 0 Å². The van der Waals surface area contributed by atoms with Gasteiger partial charge in [0.05, 0.1) is 11.5 Å². The van der Waals surface area contributed by atoms with Crippen molar-refractivity contribution in [1.29, 1.82) is 0 Å². The standard InChI is InChI=1S/C10H14F2O2/c11-9(12)6-14-8-5-7(13)10(8)3-1-2-4-10/h8-9H,1-6H2. The molecular formula is C10H14F2O2. The summed E-state index contributed by atoms with van der Waals surface area (Å²) in [5.74, 6) is 0.217. The molecule has 0 N–H and O–H groups in total. The van der Waals surface area contributed by atoms with Crippen molar-refractivity contribution in [3.63, 3.8) is 0 Å². The molecule has 2 fully saturated rings. The predicted octanol–water partition coefficient (Wildman–Crippen LogP) is 2.17. The molecule has 0 aromatic heterocycles. The Kier molecular flexibility index (Phi) is 2.56. The van der Waals surface area contributed by atoms with E-state index in [0.29, 0.717) is 6.42 Å². The van der Waals surface area contributed by atoms with Gasteiger partial charge in [-0.15, -0.1) is 0 Å². The molecule has 1 unspecified atom stereocenters. The molecule has 0 aromatic rings. The molecule has 1 atom stereocenters. The van der Waals surface area contributed by atoms with Gasteiger partial charge >= 0.3 is 0 Å². The number of alkyl halides is 2. The van der Waals surface area contributed by atoms with Crippen LogP contribution in [0.15, 0.2) is 0 Å². The molecule has 2 nitrogen and oxygen atoms in total. The van der Waals surface area contributed by atoms with E-state index in [4.69, 9.17) is 4.74 Å². The van der Waals surface area contributed by atoms with Crippen LogP contribution in [0.2, 0.25) is 0 Å². The second-order valence-corrected chi connectivity index (χ2v) is 4.20. The maximum Gasteiger partial charge on any atom is 0.261 e. The van der Waals surface area contributed by atoms with E-state index in [9.17, 15) is 13.6 Å². The van der Waals surface area contributed by atoms with Gasteiger partial charge in [-0.1, -0.05) is 12.8 Å². The zero-order valence-corrected chi connectivity index (χ0v) is 7.97. The van der Waals surface area contributed by atoms with Gasteiger partial charge in [-0.2, -0.15) is 0 Å². The van der Waals surface area contributed by atoms with Crippen LogP contribution in [-0.2, 0) is 9.53 Å². The summed E-state index contributed by atoms with van der Waals surface area (Å²) in [6.07, 6.45) is 1.41. The van der Waals surface area contributed by atoms with Gasteiger partial charge in [0, 0.05) is 6.42 Å². The third kappa shape index (κ3) is 1.45. The second kappa shape index (κ2) is 3.57. The third-order valence-electron chi connectivity index (χ3n) is 3.46. The topological polar surface area (TPSA) is 26.3 Å². The zero-order valence-electron chi connectivity index (χ0n) is 7.97. The zero-order chi connectivity index (χ0) is 10.2. The van der Waals surface area contributed by atoms with Crippen LogP contribution in [0.1, 0.15) is 32.1 Å². The lowest BCUT2D eigenvalue weighted by atomic mass is 9.63. The molecule has 14 heavy (non-hydrogen) atoms. The van der Waals surface area contributed by atoms with Crippen molar-refractivity contribution in [2.45, 2.75) is 44.6 Å². The number of Topliss-reactive ketones (excluding diaryl/α,β-unsaturated/α-hetero) is 1. The van der Waals surface area contributed by atoms with Gasteiger partial charge in [0.25, 0.3) is 6.43 Å². The summed E-state index contributed by atoms with van der Waals surface area (Å²) < 4.78 is 28.9. The van der Waals surface area contributed by atoms with Crippen molar-refractivity contribution in [3.8, 4) is 0 Å². The van der Waals surface area contributed by atoms with Crippen LogP contribution in [0.5, 0.6) is 0 Å². The molecule has 2 aliphatic carbocycles. The second-order valence-electron chi connectivity index (χ2n) is 4.20. The molecule has 0 bridgehead atoms. The number of rotatable bonds is 3. The summed E-state index contributed by atoms with van der Waals surface area (Å²) in [6.45, 7) is -0.528. The third-order valence-corrected chi connectivity index (χ3v) is 3.46. The Hall–Kier alpha value is -0.510. The van der Waals surface area contributed by atoms with Crippen LogP contribution in [0.4, 0.5) is 8.78 Å². The summed E-state index contributed by atoms with van der Waals surface area (Å²) >= 11 is 0. The van der Waals surface area contributed by atoms with Gasteiger partial charge in [0.2, 0.25) is 0 Å². The minimum atomic E-state index is -2.43. The number of carbonyl (C=O) groups is 1. The first kappa shape index (κ1) is 10.0. The minimum Gasteiger partial charge on any atom is -0.371 e. The Morgan fingerprint density at radius 2 is 2.07 bits per heavy atom. The highest BCUT2D eigenvalue weighted by atomic mass is 19.3. The molecule has 1 spiro atoms. The summed E-state index contributed by atoms with van der Waals surface area (Å²) in [5.41, 5.74) is -0.366. The fourth-order valence-electron chi connectivity index (χ4n) is 2.63. The number of ether oxygens (including phenoxy) is 1. The molecule has 0 amide bonds. The average Bonchev–Trinajstić information content (AvgIpc) is 2.62. The molecule has 80 valence electrons. The highest BCUT2D eigenvalue weighted by Gasteiger charge is 2.56. The largest absolute Gasteiger partial charge is 0.371 e. The lowest BCUT2D eigenvalue weighted by molar-refractivity contribution is -0.168. The number of hydrogen-bond acceptors (Lipinski definition) is 2. The van der Waals surface area contributed by atoms with Crippen LogP contribution in [0, 0.1) is 5.41 Å². The van der Waals surface area contributed by atoms with Crippen molar-refractivity contribution in [3.05, 3.63) is 0 Å². The van der Waals surface area contributed by atoms with Crippen LogP contribution >= 0.6 is 0 Å². The Morgan fingerprint density at radius 1 is 1.43 bits per heavy atom. The Morgan fingerprint density at radius 3 is 2.57 bits per heavy atom. The van der Waals surface area contributed by atoms with Gasteiger partial charge in [-0.3, -0.25) is 4.79 Å². The van der Waals surface area contributed by atoms with Crippen LogP contribution in [-0.4, -0.2) is 24.9 Å². The molecule has 0 radical (unpaired) electrons. The van der Waals surface area contributed by atoms with Crippen molar-refractivity contribution in [1.82, 2.24) is 0 Å². The molecule has 4 heteroatoms. The molecule has 2 saturated carbocycles. The van der Waals surface area contributed by atoms with E-state index < -0.39 is 13.0 Å². The summed E-state index contributed by atoms with van der Waals surface area (Å²) in [7, 11) is 0. The summed E-state index contributed by atoms with van der Waals surface area (Å²) in [6, 6.07) is 0. The van der Waals surface area contributed by atoms with Gasteiger partial charge in [-0.25, -0.2) is 8.78 Å². The lowest BCUT2D eigenvalue weighted by Gasteiger charge is -2.44. The smallest absolute Gasteiger partial charge is 0.261 e. The number of hydrogen-bond donors (Lipinski definition) is 0. The Labute approximate surface area is 81.6 Å². The van der Waals surface area contributed by atoms with Gasteiger partial charge in [0.15, 0.2) is 0 Å². The van der Waals surface area contributed by atoms with E-state index in [1.54, 1.807) is 0 Å². The minimum absolute atomic E-state index is 0.217. The highest BCUT2D eigenvalue weighted by molar-refractivity contribution is 5.92. The predicted molar refractivity (Wildman–Crippen MR) is 46.3 cm³/mol. The quantitative estimate of drug-likeness (QED) is 0.704. The Balaban J connectivity index is 1.91. The monoisotopic (exact) mass is 204 g/mol. The fourth-order valence-corrected chi connectivity index (χ4v) is 2.63. The SMILES string of the molecule is O=C1CC(OCC(F)F)C12CCCC2.